The summed E-state index contributed by atoms with van der Waals surface area (Å²) in [6.07, 6.45) is 1.59. The van der Waals surface area contributed by atoms with Crippen LogP contribution in [0.5, 0.6) is 0 Å². The number of carbonyl (C=O) groups excluding carboxylic acids is 1. The van der Waals surface area contributed by atoms with E-state index in [1.807, 2.05) is 37.3 Å². The zero-order valence-electron chi connectivity index (χ0n) is 18.1. The fraction of sp³-hybridized carbons (Fsp3) is 0.200. The second kappa shape index (κ2) is 9.13. The van der Waals surface area contributed by atoms with E-state index in [1.165, 1.54) is 0 Å². The highest BCUT2D eigenvalue weighted by molar-refractivity contribution is 6.30. The quantitative estimate of drug-likeness (QED) is 0.442. The largest absolute Gasteiger partial charge is 0.463 e. The molecule has 2 aromatic carbocycles. The molecule has 1 aliphatic heterocycles. The van der Waals surface area contributed by atoms with E-state index in [2.05, 4.69) is 21.4 Å². The van der Waals surface area contributed by atoms with Crippen molar-refractivity contribution in [2.75, 3.05) is 36.5 Å². The molecule has 0 atom stereocenters. The van der Waals surface area contributed by atoms with Gasteiger partial charge in [-0.25, -0.2) is 4.68 Å². The lowest BCUT2D eigenvalue weighted by molar-refractivity contribution is 0.102. The minimum Gasteiger partial charge on any atom is -0.463 e. The molecule has 1 fully saturated rings. The Bertz CT molecular complexity index is 1280. The highest BCUT2D eigenvalue weighted by atomic mass is 35.5. The van der Waals surface area contributed by atoms with Crippen LogP contribution in [0.15, 0.2) is 71.3 Å². The van der Waals surface area contributed by atoms with Crippen LogP contribution in [0.1, 0.15) is 16.1 Å². The number of benzene rings is 2. The molecule has 7 nitrogen and oxygen atoms in total. The number of halogens is 1. The Hall–Kier alpha value is -3.55. The molecule has 1 N–H and O–H groups in total. The molecule has 2 aromatic heterocycles. The number of carbonyl (C=O) groups is 1. The molecule has 33 heavy (non-hydrogen) atoms. The monoisotopic (exact) mass is 462 g/mol. The van der Waals surface area contributed by atoms with Gasteiger partial charge < -0.3 is 19.4 Å². The summed E-state index contributed by atoms with van der Waals surface area (Å²) in [4.78, 5) is 15.4. The third kappa shape index (κ3) is 4.51. The van der Waals surface area contributed by atoms with Crippen molar-refractivity contribution in [3.8, 4) is 17.1 Å². The van der Waals surface area contributed by atoms with Crippen LogP contribution < -0.4 is 10.2 Å². The van der Waals surface area contributed by atoms with E-state index in [1.54, 1.807) is 35.2 Å². The number of nitrogens with zero attached hydrogens (tertiary/aromatic N) is 3. The van der Waals surface area contributed by atoms with Gasteiger partial charge in [0, 0.05) is 35.6 Å². The summed E-state index contributed by atoms with van der Waals surface area (Å²) in [6.45, 7) is 5.16. The number of hydrogen-bond acceptors (Lipinski definition) is 5. The number of hydrogen-bond donors (Lipinski definition) is 1. The first-order chi connectivity index (χ1) is 16.1. The molecule has 1 aliphatic rings. The lowest BCUT2D eigenvalue weighted by Crippen LogP contribution is -2.36. The number of aromatic nitrogens is 2. The molecule has 4 aromatic rings. The molecule has 0 aliphatic carbocycles. The van der Waals surface area contributed by atoms with E-state index < -0.39 is 0 Å². The predicted octanol–water partition coefficient (Wildman–Crippen LogP) is 5.18. The average Bonchev–Trinajstić information content (AvgIpc) is 3.51. The molecule has 0 saturated carbocycles. The second-order valence-electron chi connectivity index (χ2n) is 7.84. The Morgan fingerprint density at radius 3 is 2.61 bits per heavy atom. The summed E-state index contributed by atoms with van der Waals surface area (Å²) in [7, 11) is 0. The van der Waals surface area contributed by atoms with Gasteiger partial charge in [0.05, 0.1) is 25.2 Å². The SMILES string of the molecule is Cc1cc(N2CCOCC2)ccc1NC(=O)c1cc(-c2ccco2)n(-c2cccc(Cl)c2)n1. The lowest BCUT2D eigenvalue weighted by Gasteiger charge is -2.29. The molecule has 3 heterocycles. The molecule has 0 spiro atoms. The minimum atomic E-state index is -0.300. The van der Waals surface area contributed by atoms with Crippen LogP contribution in [0.2, 0.25) is 5.02 Å². The van der Waals surface area contributed by atoms with Crippen molar-refractivity contribution in [2.45, 2.75) is 6.92 Å². The summed E-state index contributed by atoms with van der Waals surface area (Å²) in [6, 6.07) is 18.7. The third-order valence-electron chi connectivity index (χ3n) is 5.60. The highest BCUT2D eigenvalue weighted by Crippen LogP contribution is 2.27. The Morgan fingerprint density at radius 2 is 1.88 bits per heavy atom. The maximum atomic E-state index is 13.1. The first kappa shape index (κ1) is 21.3. The van der Waals surface area contributed by atoms with Crippen molar-refractivity contribution in [2.24, 2.45) is 0 Å². The van der Waals surface area contributed by atoms with Crippen LogP contribution in [0.25, 0.3) is 17.1 Å². The van der Waals surface area contributed by atoms with Crippen molar-refractivity contribution in [1.29, 1.82) is 0 Å². The summed E-state index contributed by atoms with van der Waals surface area (Å²) < 4.78 is 12.7. The molecule has 168 valence electrons. The van der Waals surface area contributed by atoms with Crippen molar-refractivity contribution >= 4 is 28.9 Å². The van der Waals surface area contributed by atoms with E-state index >= 15 is 0 Å². The maximum Gasteiger partial charge on any atom is 0.276 e. The molecular formula is C25H23ClN4O3. The Labute approximate surface area is 196 Å². The van der Waals surface area contributed by atoms with Gasteiger partial charge in [-0.1, -0.05) is 17.7 Å². The number of anilines is 2. The van der Waals surface area contributed by atoms with Gasteiger partial charge in [0.15, 0.2) is 11.5 Å². The predicted molar refractivity (Wildman–Crippen MR) is 128 cm³/mol. The van der Waals surface area contributed by atoms with Crippen molar-refractivity contribution in [1.82, 2.24) is 9.78 Å². The Kier molecular flexibility index (Phi) is 5.90. The third-order valence-corrected chi connectivity index (χ3v) is 5.84. The molecule has 5 rings (SSSR count). The van der Waals surface area contributed by atoms with Gasteiger partial charge in [0.25, 0.3) is 5.91 Å². The normalized spacial score (nSPS) is 13.8. The van der Waals surface area contributed by atoms with Crippen LogP contribution in [-0.2, 0) is 4.74 Å². The van der Waals surface area contributed by atoms with Gasteiger partial charge in [0.2, 0.25) is 0 Å². The lowest BCUT2D eigenvalue weighted by atomic mass is 10.1. The Balaban J connectivity index is 1.42. The summed E-state index contributed by atoms with van der Waals surface area (Å²) >= 11 is 6.18. The number of aryl methyl sites for hydroxylation is 1. The van der Waals surface area contributed by atoms with E-state index in [-0.39, 0.29) is 11.6 Å². The van der Waals surface area contributed by atoms with E-state index in [4.69, 9.17) is 20.8 Å². The fourth-order valence-corrected chi connectivity index (χ4v) is 4.07. The van der Waals surface area contributed by atoms with Crippen molar-refractivity contribution < 1.29 is 13.9 Å². The van der Waals surface area contributed by atoms with Gasteiger partial charge in [-0.05, 0) is 61.0 Å². The summed E-state index contributed by atoms with van der Waals surface area (Å²) in [5.41, 5.74) is 4.52. The van der Waals surface area contributed by atoms with Gasteiger partial charge in [-0.15, -0.1) is 0 Å². The van der Waals surface area contributed by atoms with Crippen LogP contribution >= 0.6 is 11.6 Å². The fourth-order valence-electron chi connectivity index (χ4n) is 3.89. The second-order valence-corrected chi connectivity index (χ2v) is 8.27. The Morgan fingerprint density at radius 1 is 1.03 bits per heavy atom. The number of morpholine rings is 1. The van der Waals surface area contributed by atoms with E-state index in [0.717, 1.165) is 48.9 Å². The number of amides is 1. The van der Waals surface area contributed by atoms with Crippen molar-refractivity contribution in [3.63, 3.8) is 0 Å². The van der Waals surface area contributed by atoms with Gasteiger partial charge in [0.1, 0.15) is 5.69 Å². The average molecular weight is 463 g/mol. The number of furan rings is 1. The smallest absolute Gasteiger partial charge is 0.276 e. The van der Waals surface area contributed by atoms with E-state index in [9.17, 15) is 4.79 Å². The first-order valence-corrected chi connectivity index (χ1v) is 11.1. The van der Waals surface area contributed by atoms with Crippen molar-refractivity contribution in [3.05, 3.63) is 83.2 Å². The number of nitrogens with one attached hydrogen (secondary N) is 1. The van der Waals surface area contributed by atoms with Gasteiger partial charge in [-0.3, -0.25) is 4.79 Å². The minimum absolute atomic E-state index is 0.276. The van der Waals surface area contributed by atoms with Gasteiger partial charge in [-0.2, -0.15) is 5.10 Å². The zero-order valence-corrected chi connectivity index (χ0v) is 18.9. The van der Waals surface area contributed by atoms with Crippen LogP contribution in [0.4, 0.5) is 11.4 Å². The molecule has 1 saturated heterocycles. The topological polar surface area (TPSA) is 72.5 Å². The number of ether oxygens (including phenoxy) is 1. The molecule has 0 unspecified atom stereocenters. The van der Waals surface area contributed by atoms with Crippen LogP contribution in [-0.4, -0.2) is 42.0 Å². The van der Waals surface area contributed by atoms with Gasteiger partial charge >= 0.3 is 0 Å². The van der Waals surface area contributed by atoms with Crippen LogP contribution in [0.3, 0.4) is 0 Å². The summed E-state index contributed by atoms with van der Waals surface area (Å²) in [5.74, 6) is 0.304. The zero-order chi connectivity index (χ0) is 22.8. The van der Waals surface area contributed by atoms with Crippen LogP contribution in [0, 0.1) is 6.92 Å². The summed E-state index contributed by atoms with van der Waals surface area (Å²) in [5, 5.41) is 8.13. The molecule has 1 amide bonds. The maximum absolute atomic E-state index is 13.1. The number of rotatable bonds is 5. The molecule has 0 radical (unpaired) electrons. The highest BCUT2D eigenvalue weighted by Gasteiger charge is 2.20. The molecule has 0 bridgehead atoms. The molecule has 8 heteroatoms. The first-order valence-electron chi connectivity index (χ1n) is 10.7. The standard InChI is InChI=1S/C25H23ClN4O3/c1-17-14-19(29-9-12-32-13-10-29)7-8-21(17)27-25(31)22-16-23(24-6-3-11-33-24)30(28-22)20-5-2-4-18(26)15-20/h2-8,11,14-16H,9-10,12-13H2,1H3,(H,27,31). The van der Waals surface area contributed by atoms with E-state index in [0.29, 0.717) is 16.5 Å². The molecular weight excluding hydrogens is 440 g/mol.